The molecule has 0 spiro atoms. The molecule has 0 radical (unpaired) electrons. The van der Waals surface area contributed by atoms with E-state index in [4.69, 9.17) is 16.3 Å². The van der Waals surface area contributed by atoms with Gasteiger partial charge >= 0.3 is 0 Å². The summed E-state index contributed by atoms with van der Waals surface area (Å²) in [6, 6.07) is 3.94. The lowest BCUT2D eigenvalue weighted by Gasteiger charge is -2.35. The minimum atomic E-state index is -0.449. The highest BCUT2D eigenvalue weighted by atomic mass is 35.5. The molecule has 4 atom stereocenters. The third kappa shape index (κ3) is 3.69. The normalized spacial score (nSPS) is 31.9. The second-order valence-electron chi connectivity index (χ2n) is 9.17. The molecule has 1 saturated carbocycles. The molecule has 4 rings (SSSR count). The van der Waals surface area contributed by atoms with Gasteiger partial charge in [-0.3, -0.25) is 9.69 Å². The Morgan fingerprint density at radius 1 is 1.33 bits per heavy atom. The lowest BCUT2D eigenvalue weighted by molar-refractivity contribution is -0.121. The van der Waals surface area contributed by atoms with Gasteiger partial charge in [-0.15, -0.1) is 0 Å². The minimum absolute atomic E-state index is 0.0102. The van der Waals surface area contributed by atoms with Crippen molar-refractivity contribution >= 4 is 17.5 Å². The predicted octanol–water partition coefficient (Wildman–Crippen LogP) is 2.72. The Balaban J connectivity index is 1.48. The van der Waals surface area contributed by atoms with Crippen LogP contribution < -0.4 is 10.1 Å². The molecular formula is C21H29ClN2O3. The summed E-state index contributed by atoms with van der Waals surface area (Å²) in [7, 11) is 0. The zero-order chi connectivity index (χ0) is 19.3. The zero-order valence-corrected chi connectivity index (χ0v) is 17.1. The van der Waals surface area contributed by atoms with Crippen molar-refractivity contribution < 1.29 is 14.6 Å². The van der Waals surface area contributed by atoms with Crippen LogP contribution in [0.5, 0.6) is 5.75 Å². The second kappa shape index (κ2) is 6.94. The molecule has 2 N–H and O–H groups in total. The van der Waals surface area contributed by atoms with E-state index in [0.717, 1.165) is 48.8 Å². The first-order valence-corrected chi connectivity index (χ1v) is 10.2. The summed E-state index contributed by atoms with van der Waals surface area (Å²) in [5.41, 5.74) is 2.34. The van der Waals surface area contributed by atoms with Crippen LogP contribution in [0.15, 0.2) is 12.1 Å². The first-order chi connectivity index (χ1) is 12.7. The molecule has 1 aromatic rings. The number of nitrogens with zero attached hydrogens (tertiary/aromatic N) is 1. The van der Waals surface area contributed by atoms with Gasteiger partial charge in [-0.05, 0) is 36.8 Å². The fourth-order valence-corrected chi connectivity index (χ4v) is 5.33. The van der Waals surface area contributed by atoms with E-state index in [1.807, 2.05) is 12.1 Å². The summed E-state index contributed by atoms with van der Waals surface area (Å²) in [4.78, 5) is 13.8. The lowest BCUT2D eigenvalue weighted by Crippen LogP contribution is -2.48. The highest BCUT2D eigenvalue weighted by Crippen LogP contribution is 2.44. The lowest BCUT2D eigenvalue weighted by atomic mass is 9.77. The average molecular weight is 393 g/mol. The molecule has 1 aliphatic carbocycles. The van der Waals surface area contributed by atoms with E-state index >= 15 is 0 Å². The van der Waals surface area contributed by atoms with Crippen molar-refractivity contribution in [2.45, 2.75) is 57.7 Å². The summed E-state index contributed by atoms with van der Waals surface area (Å²) in [5, 5.41) is 14.1. The van der Waals surface area contributed by atoms with Crippen molar-refractivity contribution in [3.05, 3.63) is 28.3 Å². The van der Waals surface area contributed by atoms with Gasteiger partial charge in [0.05, 0.1) is 18.8 Å². The number of aliphatic hydroxyl groups excluding tert-OH is 1. The Hall–Kier alpha value is -1.30. The molecule has 0 aromatic heterocycles. The van der Waals surface area contributed by atoms with Crippen molar-refractivity contribution in [1.29, 1.82) is 0 Å². The largest absolute Gasteiger partial charge is 0.492 e. The van der Waals surface area contributed by atoms with Gasteiger partial charge in [-0.25, -0.2) is 0 Å². The Labute approximate surface area is 166 Å². The van der Waals surface area contributed by atoms with Gasteiger partial charge in [-0.2, -0.15) is 0 Å². The van der Waals surface area contributed by atoms with Crippen molar-refractivity contribution in [2.24, 2.45) is 11.8 Å². The molecule has 0 unspecified atom stereocenters. The number of halogens is 1. The Bertz CT molecular complexity index is 751. The van der Waals surface area contributed by atoms with E-state index in [2.05, 4.69) is 24.1 Å². The van der Waals surface area contributed by atoms with E-state index in [-0.39, 0.29) is 17.4 Å². The molecule has 1 saturated heterocycles. The van der Waals surface area contributed by atoms with Gasteiger partial charge < -0.3 is 15.2 Å². The maximum Gasteiger partial charge on any atom is 0.217 e. The molecule has 2 heterocycles. The number of likely N-dealkylation sites (tertiary alicyclic amines) is 1. The van der Waals surface area contributed by atoms with Gasteiger partial charge in [0.25, 0.3) is 0 Å². The molecule has 148 valence electrons. The van der Waals surface area contributed by atoms with Crippen LogP contribution in [0.3, 0.4) is 0 Å². The third-order valence-corrected chi connectivity index (χ3v) is 6.66. The molecule has 0 bridgehead atoms. The Morgan fingerprint density at radius 3 is 2.74 bits per heavy atom. The minimum Gasteiger partial charge on any atom is -0.492 e. The summed E-state index contributed by atoms with van der Waals surface area (Å²) in [6.45, 7) is 9.34. The van der Waals surface area contributed by atoms with Crippen LogP contribution in [-0.2, 0) is 16.8 Å². The number of benzene rings is 1. The van der Waals surface area contributed by atoms with E-state index < -0.39 is 6.10 Å². The molecular weight excluding hydrogens is 364 g/mol. The summed E-state index contributed by atoms with van der Waals surface area (Å²) >= 11 is 6.40. The number of aliphatic hydroxyl groups is 1. The molecule has 3 aliphatic rings. The molecule has 5 nitrogen and oxygen atoms in total. The number of carbonyl (C=O) groups is 1. The van der Waals surface area contributed by atoms with Crippen LogP contribution in [0.2, 0.25) is 5.02 Å². The van der Waals surface area contributed by atoms with Crippen LogP contribution in [0, 0.1) is 11.8 Å². The average Bonchev–Trinajstić information content (AvgIpc) is 3.07. The van der Waals surface area contributed by atoms with Crippen LogP contribution in [0.1, 0.15) is 44.7 Å². The van der Waals surface area contributed by atoms with Gasteiger partial charge in [0.2, 0.25) is 5.91 Å². The van der Waals surface area contributed by atoms with Gasteiger partial charge in [0.15, 0.2) is 0 Å². The van der Waals surface area contributed by atoms with Crippen molar-refractivity contribution in [2.75, 3.05) is 19.7 Å². The predicted molar refractivity (Wildman–Crippen MR) is 105 cm³/mol. The van der Waals surface area contributed by atoms with Crippen LogP contribution in [-0.4, -0.2) is 47.8 Å². The quantitative estimate of drug-likeness (QED) is 0.830. The highest BCUT2D eigenvalue weighted by molar-refractivity contribution is 6.30. The van der Waals surface area contributed by atoms with Crippen molar-refractivity contribution in [3.8, 4) is 5.75 Å². The third-order valence-electron chi connectivity index (χ3n) is 6.44. The van der Waals surface area contributed by atoms with E-state index in [1.54, 1.807) is 0 Å². The van der Waals surface area contributed by atoms with E-state index in [9.17, 15) is 9.90 Å². The number of amides is 1. The maximum atomic E-state index is 11.4. The molecule has 2 fully saturated rings. The van der Waals surface area contributed by atoms with Gasteiger partial charge in [0, 0.05) is 48.1 Å². The summed E-state index contributed by atoms with van der Waals surface area (Å²) in [5.74, 6) is 1.92. The number of hydrogen-bond donors (Lipinski definition) is 2. The molecule has 1 aromatic carbocycles. The monoisotopic (exact) mass is 392 g/mol. The zero-order valence-electron chi connectivity index (χ0n) is 16.3. The van der Waals surface area contributed by atoms with Gasteiger partial charge in [-0.1, -0.05) is 25.4 Å². The Morgan fingerprint density at radius 2 is 2.04 bits per heavy atom. The smallest absolute Gasteiger partial charge is 0.217 e. The first kappa shape index (κ1) is 19.0. The number of ether oxygens (including phenoxy) is 1. The van der Waals surface area contributed by atoms with Crippen LogP contribution in [0.25, 0.3) is 0 Å². The topological polar surface area (TPSA) is 61.8 Å². The first-order valence-electron chi connectivity index (χ1n) is 9.86. The molecule has 2 aliphatic heterocycles. The van der Waals surface area contributed by atoms with E-state index in [0.29, 0.717) is 18.4 Å². The van der Waals surface area contributed by atoms with Crippen molar-refractivity contribution in [3.63, 3.8) is 0 Å². The second-order valence-corrected chi connectivity index (χ2v) is 9.61. The summed E-state index contributed by atoms with van der Waals surface area (Å²) in [6.07, 6.45) is 1.15. The number of carbonyl (C=O) groups excluding carboxylic acids is 1. The number of hydrogen-bond acceptors (Lipinski definition) is 4. The maximum absolute atomic E-state index is 11.4. The number of fused-ring (bicyclic) bond motifs is 2. The number of rotatable bonds is 3. The van der Waals surface area contributed by atoms with Crippen LogP contribution in [0.4, 0.5) is 0 Å². The SMILES string of the molecule is CC(=O)N[C@@H]1C[C@@H]2CN(Cc3cc(Cl)cc4c3OCC4(C)C)C[C@@H]2C[C@H]1O. The Kier molecular flexibility index (Phi) is 4.90. The fourth-order valence-electron chi connectivity index (χ4n) is 5.08. The van der Waals surface area contributed by atoms with Gasteiger partial charge in [0.1, 0.15) is 5.75 Å². The highest BCUT2D eigenvalue weighted by Gasteiger charge is 2.42. The molecule has 6 heteroatoms. The molecule has 1 amide bonds. The molecule has 27 heavy (non-hydrogen) atoms. The fraction of sp³-hybridized carbons (Fsp3) is 0.667. The summed E-state index contributed by atoms with van der Waals surface area (Å²) < 4.78 is 6.03. The van der Waals surface area contributed by atoms with Crippen molar-refractivity contribution in [1.82, 2.24) is 10.2 Å². The standard InChI is InChI=1S/C21H29ClN2O3/c1-12(25)23-18-5-13-8-24(9-14(13)6-19(18)26)10-15-4-16(22)7-17-20(15)27-11-21(17,2)3/h4,7,13-14,18-19,26H,5-6,8-11H2,1-3H3,(H,23,25)/t13-,14+,18-,19-/m1/s1. The number of nitrogens with one attached hydrogen (secondary N) is 1. The van der Waals surface area contributed by atoms with Crippen LogP contribution >= 0.6 is 11.6 Å². The van der Waals surface area contributed by atoms with E-state index in [1.165, 1.54) is 12.5 Å².